The Morgan fingerprint density at radius 2 is 2.21 bits per heavy atom. The minimum Gasteiger partial charge on any atom is -0.315 e. The lowest BCUT2D eigenvalue weighted by atomic mass is 9.95. The fraction of sp³-hybridized carbons (Fsp3) is 0.357. The van der Waals surface area contributed by atoms with E-state index >= 15 is 0 Å². The molecule has 0 radical (unpaired) electrons. The third kappa shape index (κ3) is 2.45. The van der Waals surface area contributed by atoms with Gasteiger partial charge in [0.2, 0.25) is 0 Å². The summed E-state index contributed by atoms with van der Waals surface area (Å²) in [6, 6.07) is 4.20. The predicted octanol–water partition coefficient (Wildman–Crippen LogP) is 3.34. The molecule has 0 saturated carbocycles. The van der Waals surface area contributed by atoms with Crippen LogP contribution in [0.3, 0.4) is 0 Å². The highest BCUT2D eigenvalue weighted by Crippen LogP contribution is 2.27. The molecular formula is C14H14N4S. The maximum atomic E-state index is 9.26. The maximum Gasteiger partial charge on any atom is 0.188 e. The molecule has 1 aliphatic carbocycles. The van der Waals surface area contributed by atoms with Crippen molar-refractivity contribution in [2.75, 3.05) is 5.32 Å². The number of nitrogens with one attached hydrogen (secondary N) is 1. The van der Waals surface area contributed by atoms with E-state index < -0.39 is 0 Å². The minimum atomic E-state index is 0.605. The lowest BCUT2D eigenvalue weighted by Gasteiger charge is -2.16. The van der Waals surface area contributed by atoms with Crippen LogP contribution in [0.2, 0.25) is 0 Å². The molecule has 2 heterocycles. The first-order valence-corrected chi connectivity index (χ1v) is 7.20. The van der Waals surface area contributed by atoms with E-state index in [9.17, 15) is 5.26 Å². The molecule has 2 aromatic heterocycles. The highest BCUT2D eigenvalue weighted by molar-refractivity contribution is 7.15. The zero-order valence-corrected chi connectivity index (χ0v) is 11.5. The Morgan fingerprint density at radius 1 is 1.37 bits per heavy atom. The molecule has 0 saturated heterocycles. The van der Waals surface area contributed by atoms with E-state index in [0.29, 0.717) is 11.4 Å². The van der Waals surface area contributed by atoms with Gasteiger partial charge >= 0.3 is 0 Å². The minimum absolute atomic E-state index is 0.605. The van der Waals surface area contributed by atoms with Crippen LogP contribution in [0.4, 0.5) is 10.9 Å². The third-order valence-electron chi connectivity index (χ3n) is 3.27. The van der Waals surface area contributed by atoms with E-state index in [0.717, 1.165) is 28.5 Å². The van der Waals surface area contributed by atoms with Crippen LogP contribution in [0.1, 0.15) is 34.5 Å². The molecule has 0 aliphatic heterocycles. The van der Waals surface area contributed by atoms with Crippen molar-refractivity contribution >= 4 is 22.3 Å². The highest BCUT2D eigenvalue weighted by Gasteiger charge is 2.15. The number of aryl methyl sites for hydroxylation is 3. The van der Waals surface area contributed by atoms with E-state index in [4.69, 9.17) is 0 Å². The molecule has 0 atom stereocenters. The van der Waals surface area contributed by atoms with Gasteiger partial charge in [0.05, 0.1) is 5.56 Å². The summed E-state index contributed by atoms with van der Waals surface area (Å²) in [5.74, 6) is 0.637. The largest absolute Gasteiger partial charge is 0.315 e. The Hall–Kier alpha value is -1.93. The standard InChI is InChI=1S/C14H14N4S/c1-9-8-16-14(19-9)18-13-11(7-15)6-10-4-2-3-5-12(10)17-13/h6,8H,2-5H2,1H3,(H,16,17,18). The van der Waals surface area contributed by atoms with E-state index in [1.54, 1.807) is 11.3 Å². The van der Waals surface area contributed by atoms with Crippen molar-refractivity contribution in [3.63, 3.8) is 0 Å². The molecule has 2 aromatic rings. The topological polar surface area (TPSA) is 61.6 Å². The molecule has 4 nitrogen and oxygen atoms in total. The van der Waals surface area contributed by atoms with E-state index in [1.165, 1.54) is 18.4 Å². The summed E-state index contributed by atoms with van der Waals surface area (Å²) in [5.41, 5.74) is 2.96. The predicted molar refractivity (Wildman–Crippen MR) is 75.7 cm³/mol. The molecular weight excluding hydrogens is 256 g/mol. The Labute approximate surface area is 116 Å². The van der Waals surface area contributed by atoms with Crippen LogP contribution >= 0.6 is 11.3 Å². The summed E-state index contributed by atoms with van der Waals surface area (Å²) in [6.45, 7) is 2.01. The first kappa shape index (κ1) is 12.1. The number of nitrogens with zero attached hydrogens (tertiary/aromatic N) is 3. The normalized spacial score (nSPS) is 13.7. The van der Waals surface area contributed by atoms with Gasteiger partial charge in [-0.25, -0.2) is 9.97 Å². The maximum absolute atomic E-state index is 9.26. The van der Waals surface area contributed by atoms with Crippen LogP contribution < -0.4 is 5.32 Å². The summed E-state index contributed by atoms with van der Waals surface area (Å²) in [6.07, 6.45) is 6.23. The smallest absolute Gasteiger partial charge is 0.188 e. The second kappa shape index (κ2) is 4.98. The first-order chi connectivity index (χ1) is 9.26. The number of nitriles is 1. The van der Waals surface area contributed by atoms with Crippen molar-refractivity contribution < 1.29 is 0 Å². The highest BCUT2D eigenvalue weighted by atomic mass is 32.1. The monoisotopic (exact) mass is 270 g/mol. The zero-order valence-electron chi connectivity index (χ0n) is 10.7. The number of fused-ring (bicyclic) bond motifs is 1. The summed E-state index contributed by atoms with van der Waals surface area (Å²) in [7, 11) is 0. The molecule has 1 aliphatic rings. The second-order valence-corrected chi connectivity index (χ2v) is 5.95. The number of hydrogen-bond acceptors (Lipinski definition) is 5. The van der Waals surface area contributed by atoms with Gasteiger partial charge in [-0.1, -0.05) is 0 Å². The number of aromatic nitrogens is 2. The third-order valence-corrected chi connectivity index (χ3v) is 4.10. The number of rotatable bonds is 2. The molecule has 3 rings (SSSR count). The van der Waals surface area contributed by atoms with Gasteiger partial charge in [-0.05, 0) is 44.2 Å². The van der Waals surface area contributed by atoms with Gasteiger partial charge in [0.25, 0.3) is 0 Å². The lowest BCUT2D eigenvalue weighted by Crippen LogP contribution is -2.08. The van der Waals surface area contributed by atoms with Crippen LogP contribution in [0.25, 0.3) is 0 Å². The molecule has 0 aromatic carbocycles. The van der Waals surface area contributed by atoms with Crippen LogP contribution in [-0.4, -0.2) is 9.97 Å². The van der Waals surface area contributed by atoms with Crippen LogP contribution in [-0.2, 0) is 12.8 Å². The van der Waals surface area contributed by atoms with Gasteiger partial charge in [-0.15, -0.1) is 11.3 Å². The molecule has 0 unspecified atom stereocenters. The van der Waals surface area contributed by atoms with Crippen molar-refractivity contribution in [2.24, 2.45) is 0 Å². The zero-order chi connectivity index (χ0) is 13.2. The van der Waals surface area contributed by atoms with E-state index in [-0.39, 0.29) is 0 Å². The van der Waals surface area contributed by atoms with Gasteiger partial charge in [0, 0.05) is 16.8 Å². The number of hydrogen-bond donors (Lipinski definition) is 1. The quantitative estimate of drug-likeness (QED) is 0.909. The lowest BCUT2D eigenvalue weighted by molar-refractivity contribution is 0.668. The van der Waals surface area contributed by atoms with Crippen molar-refractivity contribution in [1.29, 1.82) is 5.26 Å². The Kier molecular flexibility index (Phi) is 3.18. The Balaban J connectivity index is 1.98. The van der Waals surface area contributed by atoms with E-state index in [2.05, 4.69) is 21.4 Å². The molecule has 5 heteroatoms. The molecule has 1 N–H and O–H groups in total. The van der Waals surface area contributed by atoms with Gasteiger partial charge in [0.15, 0.2) is 5.13 Å². The van der Waals surface area contributed by atoms with Gasteiger partial charge in [0.1, 0.15) is 11.9 Å². The Morgan fingerprint density at radius 3 is 2.95 bits per heavy atom. The van der Waals surface area contributed by atoms with Crippen molar-refractivity contribution in [3.8, 4) is 6.07 Å². The molecule has 19 heavy (non-hydrogen) atoms. The summed E-state index contributed by atoms with van der Waals surface area (Å²) in [4.78, 5) is 10.0. The van der Waals surface area contributed by atoms with Gasteiger partial charge in [-0.3, -0.25) is 0 Å². The van der Waals surface area contributed by atoms with Crippen LogP contribution in [0, 0.1) is 18.3 Å². The van der Waals surface area contributed by atoms with Gasteiger partial charge < -0.3 is 5.32 Å². The van der Waals surface area contributed by atoms with Crippen LogP contribution in [0.15, 0.2) is 12.3 Å². The molecule has 0 spiro atoms. The average Bonchev–Trinajstić information content (AvgIpc) is 2.83. The SMILES string of the molecule is Cc1cnc(Nc2nc3c(cc2C#N)CCCC3)s1. The van der Waals surface area contributed by atoms with Crippen molar-refractivity contribution in [3.05, 3.63) is 34.0 Å². The molecule has 0 fully saturated rings. The average molecular weight is 270 g/mol. The number of anilines is 2. The number of thiazole rings is 1. The molecule has 0 amide bonds. The second-order valence-electron chi connectivity index (χ2n) is 4.71. The number of pyridine rings is 1. The van der Waals surface area contributed by atoms with Gasteiger partial charge in [-0.2, -0.15) is 5.26 Å². The Bertz CT molecular complexity index is 654. The fourth-order valence-corrected chi connectivity index (χ4v) is 2.99. The summed E-state index contributed by atoms with van der Waals surface area (Å²) >= 11 is 1.57. The first-order valence-electron chi connectivity index (χ1n) is 6.38. The molecule has 96 valence electrons. The van der Waals surface area contributed by atoms with Crippen molar-refractivity contribution in [1.82, 2.24) is 9.97 Å². The molecule has 0 bridgehead atoms. The summed E-state index contributed by atoms with van der Waals surface area (Å²) < 4.78 is 0. The van der Waals surface area contributed by atoms with E-state index in [1.807, 2.05) is 19.2 Å². The van der Waals surface area contributed by atoms with Crippen LogP contribution in [0.5, 0.6) is 0 Å². The van der Waals surface area contributed by atoms with Crippen molar-refractivity contribution in [2.45, 2.75) is 32.6 Å². The fourth-order valence-electron chi connectivity index (χ4n) is 2.33. The summed E-state index contributed by atoms with van der Waals surface area (Å²) in [5, 5.41) is 13.2.